The number of carboxylic acids is 1. The van der Waals surface area contributed by atoms with Crippen molar-refractivity contribution in [3.05, 3.63) is 64.0 Å². The van der Waals surface area contributed by atoms with Crippen LogP contribution in [-0.4, -0.2) is 30.8 Å². The van der Waals surface area contributed by atoms with Crippen molar-refractivity contribution in [2.75, 3.05) is 4.90 Å². The van der Waals surface area contributed by atoms with Crippen molar-refractivity contribution in [1.29, 1.82) is 0 Å². The third-order valence-corrected chi connectivity index (χ3v) is 6.10. The molecule has 1 aromatic carbocycles. The van der Waals surface area contributed by atoms with Crippen molar-refractivity contribution in [1.82, 2.24) is 15.0 Å². The normalized spacial score (nSPS) is 11.4. The van der Waals surface area contributed by atoms with E-state index in [0.717, 1.165) is 21.3 Å². The van der Waals surface area contributed by atoms with Gasteiger partial charge in [-0.15, -0.1) is 23.1 Å². The van der Waals surface area contributed by atoms with Gasteiger partial charge in [0.2, 0.25) is 0 Å². The maximum atomic E-state index is 11.3. The van der Waals surface area contributed by atoms with E-state index in [1.165, 1.54) is 18.1 Å². The van der Waals surface area contributed by atoms with Gasteiger partial charge in [0.15, 0.2) is 0 Å². The molecular formula is C19H19ClN4O2S2. The molecule has 0 amide bonds. The first kappa shape index (κ1) is 20.6. The first-order chi connectivity index (χ1) is 13.3. The zero-order valence-electron chi connectivity index (χ0n) is 15.4. The number of thiazole rings is 1. The molecule has 6 nitrogen and oxygen atoms in total. The van der Waals surface area contributed by atoms with Gasteiger partial charge in [0, 0.05) is 29.1 Å². The van der Waals surface area contributed by atoms with E-state index in [4.69, 9.17) is 11.6 Å². The van der Waals surface area contributed by atoms with Crippen molar-refractivity contribution in [2.24, 2.45) is 0 Å². The average Bonchev–Trinajstić information content (AvgIpc) is 3.15. The zero-order valence-corrected chi connectivity index (χ0v) is 17.8. The molecule has 0 atom stereocenters. The van der Waals surface area contributed by atoms with Gasteiger partial charge in [-0.2, -0.15) is 0 Å². The molecule has 2 heterocycles. The Labute approximate surface area is 176 Å². The summed E-state index contributed by atoms with van der Waals surface area (Å²) in [7, 11) is 0. The topological polar surface area (TPSA) is 79.2 Å². The predicted molar refractivity (Wildman–Crippen MR) is 113 cm³/mol. The molecule has 3 aromatic rings. The lowest BCUT2D eigenvalue weighted by Crippen LogP contribution is -2.26. The highest BCUT2D eigenvalue weighted by molar-refractivity contribution is 8.01. The number of thioether (sulfide) groups is 1. The van der Waals surface area contributed by atoms with Gasteiger partial charge in [-0.25, -0.2) is 15.0 Å². The third kappa shape index (κ3) is 5.43. The summed E-state index contributed by atoms with van der Waals surface area (Å²) in [5.74, 6) is -0.113. The van der Waals surface area contributed by atoms with Gasteiger partial charge in [-0.05, 0) is 31.5 Å². The van der Waals surface area contributed by atoms with E-state index in [2.05, 4.69) is 19.9 Å². The van der Waals surface area contributed by atoms with Crippen molar-refractivity contribution in [3.8, 4) is 0 Å². The lowest BCUT2D eigenvalue weighted by atomic mass is 10.2. The van der Waals surface area contributed by atoms with Gasteiger partial charge >= 0.3 is 5.97 Å². The fraction of sp³-hybridized carbons (Fsp3) is 0.263. The Kier molecular flexibility index (Phi) is 6.53. The summed E-state index contributed by atoms with van der Waals surface area (Å²) in [5.41, 5.74) is 1.07. The van der Waals surface area contributed by atoms with E-state index in [-0.39, 0.29) is 0 Å². The quantitative estimate of drug-likeness (QED) is 0.404. The first-order valence-electron chi connectivity index (χ1n) is 8.46. The number of carboxylic acid groups (broad SMARTS) is 1. The standard InChI is InChI=1S/C19H19ClN4O2S2/c1-19(2,18(25)26)28-14-5-3-13(4-6-14)10-24(11-17-21-7-8-27-17)16-9-15(20)22-12-23-16/h3-9,12H,10-11H2,1-2H3,(H,25,26). The van der Waals surface area contributed by atoms with Crippen LogP contribution in [0.1, 0.15) is 24.4 Å². The Morgan fingerprint density at radius 1 is 1.21 bits per heavy atom. The van der Waals surface area contributed by atoms with Crippen LogP contribution in [0.15, 0.2) is 53.1 Å². The highest BCUT2D eigenvalue weighted by Gasteiger charge is 2.28. The largest absolute Gasteiger partial charge is 0.480 e. The fourth-order valence-corrected chi connectivity index (χ4v) is 4.15. The van der Waals surface area contributed by atoms with Crippen molar-refractivity contribution in [2.45, 2.75) is 36.6 Å². The monoisotopic (exact) mass is 434 g/mol. The minimum absolute atomic E-state index is 0.386. The molecule has 146 valence electrons. The number of hydrogen-bond donors (Lipinski definition) is 1. The Balaban J connectivity index is 1.78. The molecule has 0 saturated carbocycles. The number of halogens is 1. The van der Waals surface area contributed by atoms with Crippen molar-refractivity contribution < 1.29 is 9.90 Å². The van der Waals surface area contributed by atoms with E-state index >= 15 is 0 Å². The molecule has 0 fully saturated rings. The van der Waals surface area contributed by atoms with E-state index < -0.39 is 10.7 Å². The van der Waals surface area contributed by atoms with Crippen LogP contribution < -0.4 is 4.90 Å². The van der Waals surface area contributed by atoms with Crippen LogP contribution >= 0.6 is 34.7 Å². The highest BCUT2D eigenvalue weighted by Crippen LogP contribution is 2.33. The molecule has 0 unspecified atom stereocenters. The second-order valence-corrected chi connectivity index (χ2v) is 9.60. The summed E-state index contributed by atoms with van der Waals surface area (Å²) in [6.45, 7) is 4.61. The smallest absolute Gasteiger partial charge is 0.319 e. The van der Waals surface area contributed by atoms with Gasteiger partial charge in [0.05, 0.1) is 6.54 Å². The summed E-state index contributed by atoms with van der Waals surface area (Å²) in [6, 6.07) is 9.61. The molecule has 2 aromatic heterocycles. The summed E-state index contributed by atoms with van der Waals surface area (Å²) in [4.78, 5) is 27.0. The summed E-state index contributed by atoms with van der Waals surface area (Å²) in [5, 5.41) is 12.6. The van der Waals surface area contributed by atoms with Crippen LogP contribution in [-0.2, 0) is 17.9 Å². The van der Waals surface area contributed by atoms with Gasteiger partial charge in [0.1, 0.15) is 27.1 Å². The molecular weight excluding hydrogens is 416 g/mol. The van der Waals surface area contributed by atoms with Crippen LogP contribution in [0.2, 0.25) is 5.15 Å². The van der Waals surface area contributed by atoms with Gasteiger partial charge in [-0.3, -0.25) is 4.79 Å². The van der Waals surface area contributed by atoms with Crippen LogP contribution in [0.25, 0.3) is 0 Å². The number of anilines is 1. The maximum Gasteiger partial charge on any atom is 0.319 e. The Morgan fingerprint density at radius 3 is 2.57 bits per heavy atom. The Hall–Kier alpha value is -2.16. The molecule has 0 aliphatic rings. The van der Waals surface area contributed by atoms with Crippen LogP contribution in [0.5, 0.6) is 0 Å². The van der Waals surface area contributed by atoms with E-state index in [9.17, 15) is 9.90 Å². The molecule has 1 N–H and O–H groups in total. The van der Waals surface area contributed by atoms with Gasteiger partial charge < -0.3 is 10.0 Å². The summed E-state index contributed by atoms with van der Waals surface area (Å²) >= 11 is 8.95. The van der Waals surface area contributed by atoms with Crippen molar-refractivity contribution >= 4 is 46.5 Å². The average molecular weight is 435 g/mol. The Bertz CT molecular complexity index is 933. The second kappa shape index (κ2) is 8.89. The zero-order chi connectivity index (χ0) is 20.1. The molecule has 0 radical (unpaired) electrons. The molecule has 0 bridgehead atoms. The molecule has 0 aliphatic carbocycles. The van der Waals surface area contributed by atoms with E-state index in [1.807, 2.05) is 29.6 Å². The molecule has 9 heteroatoms. The van der Waals surface area contributed by atoms with Crippen LogP contribution in [0.4, 0.5) is 5.82 Å². The third-order valence-electron chi connectivity index (χ3n) is 3.94. The van der Waals surface area contributed by atoms with Crippen LogP contribution in [0, 0.1) is 0 Å². The summed E-state index contributed by atoms with van der Waals surface area (Å²) < 4.78 is -0.879. The number of carbonyl (C=O) groups is 1. The number of nitrogens with zero attached hydrogens (tertiary/aromatic N) is 4. The second-order valence-electron chi connectivity index (χ2n) is 6.54. The number of benzene rings is 1. The molecule has 0 saturated heterocycles. The number of aliphatic carboxylic acids is 1. The lowest BCUT2D eigenvalue weighted by Gasteiger charge is -2.23. The number of aromatic nitrogens is 3. The lowest BCUT2D eigenvalue weighted by molar-refractivity contribution is -0.138. The van der Waals surface area contributed by atoms with Gasteiger partial charge in [-0.1, -0.05) is 23.7 Å². The number of rotatable bonds is 8. The minimum Gasteiger partial charge on any atom is -0.480 e. The fourth-order valence-electron chi connectivity index (χ4n) is 2.43. The molecule has 0 aliphatic heterocycles. The minimum atomic E-state index is -0.879. The molecule has 0 spiro atoms. The maximum absolute atomic E-state index is 11.3. The van der Waals surface area contributed by atoms with E-state index in [1.54, 1.807) is 37.4 Å². The predicted octanol–water partition coefficient (Wildman–Crippen LogP) is 4.75. The highest BCUT2D eigenvalue weighted by atomic mass is 35.5. The molecule has 3 rings (SSSR count). The van der Waals surface area contributed by atoms with Gasteiger partial charge in [0.25, 0.3) is 0 Å². The number of hydrogen-bond acceptors (Lipinski definition) is 7. The SMILES string of the molecule is CC(C)(Sc1ccc(CN(Cc2nccs2)c2cc(Cl)ncn2)cc1)C(=O)O. The van der Waals surface area contributed by atoms with Crippen molar-refractivity contribution in [3.63, 3.8) is 0 Å². The Morgan fingerprint density at radius 2 is 1.96 bits per heavy atom. The first-order valence-corrected chi connectivity index (χ1v) is 10.5. The van der Waals surface area contributed by atoms with E-state index in [0.29, 0.717) is 18.2 Å². The summed E-state index contributed by atoms with van der Waals surface area (Å²) in [6.07, 6.45) is 3.22. The van der Waals surface area contributed by atoms with Crippen LogP contribution in [0.3, 0.4) is 0 Å². The molecule has 28 heavy (non-hydrogen) atoms.